The molecule has 0 atom stereocenters. The van der Waals surface area contributed by atoms with Gasteiger partial charge in [-0.25, -0.2) is 0 Å². The van der Waals surface area contributed by atoms with Crippen molar-refractivity contribution in [1.29, 1.82) is 0 Å². The SMILES string of the molecule is c1ccc(N(c2ccc(-c3cccc4c3oc3ccccc34)cc2)c2cccc3c2C2(c4ccccc4-c4ccccc42)c2ccc4ccccc4c2S3)cc1. The zero-order chi connectivity index (χ0) is 36.8. The summed E-state index contributed by atoms with van der Waals surface area (Å²) in [6.45, 7) is 0. The second-order valence-corrected chi connectivity index (χ2v) is 15.8. The maximum atomic E-state index is 6.47. The van der Waals surface area contributed by atoms with E-state index in [0.717, 1.165) is 44.4 Å². The third-order valence-corrected chi connectivity index (χ3v) is 13.1. The predicted octanol–water partition coefficient (Wildman–Crippen LogP) is 14.7. The number of benzene rings is 9. The van der Waals surface area contributed by atoms with Crippen LogP contribution in [-0.2, 0) is 5.41 Å². The van der Waals surface area contributed by atoms with E-state index in [1.165, 1.54) is 59.6 Å². The summed E-state index contributed by atoms with van der Waals surface area (Å²) in [5.41, 5.74) is 14.7. The molecule has 56 heavy (non-hydrogen) atoms. The Balaban J connectivity index is 1.12. The van der Waals surface area contributed by atoms with Crippen LogP contribution in [0.2, 0.25) is 0 Å². The summed E-state index contributed by atoms with van der Waals surface area (Å²) in [4.78, 5) is 5.06. The first kappa shape index (κ1) is 31.5. The van der Waals surface area contributed by atoms with Crippen LogP contribution in [0.25, 0.3) is 55.0 Å². The van der Waals surface area contributed by atoms with E-state index in [1.54, 1.807) is 0 Å². The van der Waals surface area contributed by atoms with Gasteiger partial charge in [-0.3, -0.25) is 0 Å². The lowest BCUT2D eigenvalue weighted by Gasteiger charge is -2.43. The smallest absolute Gasteiger partial charge is 0.143 e. The summed E-state index contributed by atoms with van der Waals surface area (Å²) >= 11 is 1.91. The van der Waals surface area contributed by atoms with E-state index < -0.39 is 5.41 Å². The van der Waals surface area contributed by atoms with Crippen LogP contribution in [0.5, 0.6) is 0 Å². The summed E-state index contributed by atoms with van der Waals surface area (Å²) in [5, 5.41) is 4.83. The van der Waals surface area contributed by atoms with Gasteiger partial charge in [-0.1, -0.05) is 169 Å². The number of nitrogens with zero attached hydrogens (tertiary/aromatic N) is 1. The quantitative estimate of drug-likeness (QED) is 0.179. The minimum Gasteiger partial charge on any atom is -0.455 e. The highest BCUT2D eigenvalue weighted by Crippen LogP contribution is 2.65. The van der Waals surface area contributed by atoms with Gasteiger partial charge < -0.3 is 9.32 Å². The van der Waals surface area contributed by atoms with Crippen LogP contribution in [0.15, 0.2) is 214 Å². The molecule has 2 aliphatic rings. The molecule has 0 bridgehead atoms. The van der Waals surface area contributed by atoms with Crippen molar-refractivity contribution in [3.8, 4) is 22.3 Å². The van der Waals surface area contributed by atoms with Crippen LogP contribution in [0.4, 0.5) is 17.1 Å². The number of rotatable bonds is 4. The van der Waals surface area contributed by atoms with Gasteiger partial charge in [0, 0.05) is 43.1 Å². The Morgan fingerprint density at radius 2 is 1.05 bits per heavy atom. The van der Waals surface area contributed by atoms with Crippen LogP contribution in [-0.4, -0.2) is 0 Å². The molecule has 2 nitrogen and oxygen atoms in total. The van der Waals surface area contributed by atoms with Gasteiger partial charge >= 0.3 is 0 Å². The van der Waals surface area contributed by atoms with Gasteiger partial charge in [0.1, 0.15) is 11.2 Å². The first-order chi connectivity index (χ1) is 27.8. The summed E-state index contributed by atoms with van der Waals surface area (Å²) in [5.74, 6) is 0. The Bertz CT molecular complexity index is 3130. The number of hydrogen-bond donors (Lipinski definition) is 0. The fourth-order valence-electron chi connectivity index (χ4n) is 9.62. The van der Waals surface area contributed by atoms with E-state index in [9.17, 15) is 0 Å². The van der Waals surface area contributed by atoms with Crippen molar-refractivity contribution < 1.29 is 4.42 Å². The molecule has 1 spiro atoms. The lowest BCUT2D eigenvalue weighted by molar-refractivity contribution is 0.670. The van der Waals surface area contributed by atoms with Crippen molar-refractivity contribution in [2.45, 2.75) is 15.2 Å². The zero-order valence-electron chi connectivity index (χ0n) is 30.3. The standard InChI is InChI=1S/C53H33NOS/c1-2-15-36(16-3-1)54(37-31-28-35(29-32-37)38-21-12-22-43-42-20-8-11-26-48(42)55-51(38)43)47-25-13-27-49-50(47)53(46-33-30-34-14-4-5-17-39(34)52(46)56-49)44-23-9-6-18-40(44)41-19-7-10-24-45(41)53/h1-33H. The summed E-state index contributed by atoms with van der Waals surface area (Å²) in [6, 6.07) is 73.2. The highest BCUT2D eigenvalue weighted by atomic mass is 32.2. The largest absolute Gasteiger partial charge is 0.455 e. The molecule has 0 N–H and O–H groups in total. The van der Waals surface area contributed by atoms with E-state index in [4.69, 9.17) is 4.42 Å². The molecule has 1 aliphatic heterocycles. The third kappa shape index (κ3) is 4.35. The first-order valence-electron chi connectivity index (χ1n) is 19.2. The number of anilines is 3. The Kier molecular flexibility index (Phi) is 6.81. The molecule has 0 unspecified atom stereocenters. The number of para-hydroxylation sites is 3. The first-order valence-corrected chi connectivity index (χ1v) is 20.0. The van der Waals surface area contributed by atoms with Crippen LogP contribution in [0.1, 0.15) is 22.3 Å². The van der Waals surface area contributed by atoms with Crippen molar-refractivity contribution in [2.24, 2.45) is 0 Å². The zero-order valence-corrected chi connectivity index (χ0v) is 31.1. The molecule has 0 radical (unpaired) electrons. The molecule has 1 aliphatic carbocycles. The van der Waals surface area contributed by atoms with Gasteiger partial charge in [-0.15, -0.1) is 0 Å². The van der Waals surface area contributed by atoms with Crippen molar-refractivity contribution >= 4 is 61.5 Å². The monoisotopic (exact) mass is 731 g/mol. The normalized spacial score (nSPS) is 13.4. The highest BCUT2D eigenvalue weighted by molar-refractivity contribution is 7.99. The van der Waals surface area contributed by atoms with E-state index >= 15 is 0 Å². The van der Waals surface area contributed by atoms with Crippen LogP contribution in [0, 0.1) is 0 Å². The Hall–Kier alpha value is -6.81. The molecule has 0 fully saturated rings. The molecule has 1 aromatic heterocycles. The second-order valence-electron chi connectivity index (χ2n) is 14.8. The van der Waals surface area contributed by atoms with Crippen molar-refractivity contribution in [3.63, 3.8) is 0 Å². The van der Waals surface area contributed by atoms with E-state index in [0.29, 0.717) is 0 Å². The maximum absolute atomic E-state index is 6.47. The van der Waals surface area contributed by atoms with E-state index in [2.05, 4.69) is 193 Å². The van der Waals surface area contributed by atoms with Crippen LogP contribution < -0.4 is 4.90 Å². The van der Waals surface area contributed by atoms with Gasteiger partial charge in [0.05, 0.1) is 11.1 Å². The minimum absolute atomic E-state index is 0.548. The lowest BCUT2D eigenvalue weighted by atomic mass is 9.66. The summed E-state index contributed by atoms with van der Waals surface area (Å²) in [7, 11) is 0. The topological polar surface area (TPSA) is 16.4 Å². The average molecular weight is 732 g/mol. The molecule has 0 amide bonds. The molecule has 12 rings (SSSR count). The lowest BCUT2D eigenvalue weighted by Crippen LogP contribution is -2.34. The van der Waals surface area contributed by atoms with Crippen molar-refractivity contribution in [1.82, 2.24) is 0 Å². The molecular formula is C53H33NOS. The molecule has 3 heteroatoms. The molecule has 262 valence electrons. The van der Waals surface area contributed by atoms with Crippen molar-refractivity contribution in [3.05, 3.63) is 222 Å². The molecule has 10 aromatic rings. The van der Waals surface area contributed by atoms with Gasteiger partial charge in [0.2, 0.25) is 0 Å². The predicted molar refractivity (Wildman–Crippen MR) is 233 cm³/mol. The molecule has 0 saturated heterocycles. The minimum atomic E-state index is -0.548. The second kappa shape index (κ2) is 12.1. The average Bonchev–Trinajstić information content (AvgIpc) is 3.79. The van der Waals surface area contributed by atoms with Crippen LogP contribution in [0.3, 0.4) is 0 Å². The third-order valence-electron chi connectivity index (χ3n) is 11.9. The number of hydrogen-bond acceptors (Lipinski definition) is 3. The molecule has 9 aromatic carbocycles. The molecule has 2 heterocycles. The van der Waals surface area contributed by atoms with Gasteiger partial charge in [0.25, 0.3) is 0 Å². The highest BCUT2D eigenvalue weighted by Gasteiger charge is 2.52. The van der Waals surface area contributed by atoms with E-state index in [-0.39, 0.29) is 0 Å². The Labute approximate surface area is 329 Å². The van der Waals surface area contributed by atoms with Gasteiger partial charge in [0.15, 0.2) is 0 Å². The summed E-state index contributed by atoms with van der Waals surface area (Å²) in [6.07, 6.45) is 0. The van der Waals surface area contributed by atoms with Crippen LogP contribution >= 0.6 is 11.8 Å². The fourth-order valence-corrected chi connectivity index (χ4v) is 11.0. The summed E-state index contributed by atoms with van der Waals surface area (Å²) < 4.78 is 6.47. The fraction of sp³-hybridized carbons (Fsp3) is 0.0189. The Morgan fingerprint density at radius 3 is 1.86 bits per heavy atom. The maximum Gasteiger partial charge on any atom is 0.143 e. The van der Waals surface area contributed by atoms with E-state index in [1.807, 2.05) is 23.9 Å². The molecule has 0 saturated carbocycles. The van der Waals surface area contributed by atoms with Gasteiger partial charge in [-0.2, -0.15) is 0 Å². The number of furan rings is 1. The molecular weight excluding hydrogens is 699 g/mol. The van der Waals surface area contributed by atoms with Gasteiger partial charge in [-0.05, 0) is 86.6 Å². The Morgan fingerprint density at radius 1 is 0.429 bits per heavy atom. The number of fused-ring (bicyclic) bond motifs is 14. The van der Waals surface area contributed by atoms with Crippen molar-refractivity contribution in [2.75, 3.05) is 4.90 Å².